The summed E-state index contributed by atoms with van der Waals surface area (Å²) in [5.74, 6) is 0. The van der Waals surface area contributed by atoms with Crippen LogP contribution in [0.1, 0.15) is 50.1 Å². The normalized spacial score (nSPS) is 15.7. The third-order valence-electron chi connectivity index (χ3n) is 13.6. The van der Waals surface area contributed by atoms with Gasteiger partial charge in [-0.15, -0.1) is 0 Å². The predicted octanol–water partition coefficient (Wildman–Crippen LogP) is 13.7. The van der Waals surface area contributed by atoms with Crippen molar-refractivity contribution in [3.8, 4) is 44.5 Å². The van der Waals surface area contributed by atoms with E-state index in [1.165, 1.54) is 117 Å². The van der Waals surface area contributed by atoms with Crippen LogP contribution in [0.15, 0.2) is 188 Å². The topological polar surface area (TPSA) is 3.24 Å². The van der Waals surface area contributed by atoms with E-state index in [4.69, 9.17) is 0 Å². The van der Waals surface area contributed by atoms with E-state index >= 15 is 0 Å². The fourth-order valence-corrected chi connectivity index (χ4v) is 11.3. The molecule has 57 heavy (non-hydrogen) atoms. The van der Waals surface area contributed by atoms with Crippen molar-refractivity contribution >= 4 is 22.1 Å². The molecule has 9 aromatic carbocycles. The molecule has 0 bridgehead atoms. The van der Waals surface area contributed by atoms with E-state index in [1.807, 2.05) is 0 Å². The van der Waals surface area contributed by atoms with Gasteiger partial charge in [0.1, 0.15) is 0 Å². The fourth-order valence-electron chi connectivity index (χ4n) is 11.3. The van der Waals surface area contributed by atoms with Crippen LogP contribution in [-0.2, 0) is 24.8 Å². The first-order valence-corrected chi connectivity index (χ1v) is 20.3. The highest BCUT2D eigenvalue weighted by atomic mass is 15.1. The standard InChI is InChI=1S/C56H37N/c1-6-19-44-35(13-1)27-30-52-55(44)47-21-8-10-24-50(47)56(52)49-23-9-7-20-46(49)54-38(16-11-25-51(54)56)34-57(40-28-29-43-39(32-40)31-36-14-2-4-17-41(36)43)53-26-12-22-45-42-18-5-3-15-37(42)33-48(45)53/h1-30,32H,31,33-34H2. The number of anilines is 2. The highest BCUT2D eigenvalue weighted by molar-refractivity contribution is 6.06. The van der Waals surface area contributed by atoms with Crippen molar-refractivity contribution in [1.82, 2.24) is 0 Å². The molecule has 13 rings (SSSR count). The summed E-state index contributed by atoms with van der Waals surface area (Å²) in [5, 5.41) is 2.61. The molecule has 0 heterocycles. The van der Waals surface area contributed by atoms with Gasteiger partial charge < -0.3 is 4.90 Å². The van der Waals surface area contributed by atoms with Crippen molar-refractivity contribution in [3.63, 3.8) is 0 Å². The molecule has 0 aromatic heterocycles. The van der Waals surface area contributed by atoms with Gasteiger partial charge in [-0.3, -0.25) is 0 Å². The van der Waals surface area contributed by atoms with Crippen LogP contribution in [0.3, 0.4) is 0 Å². The van der Waals surface area contributed by atoms with Crippen molar-refractivity contribution in [2.24, 2.45) is 0 Å². The molecule has 0 aliphatic heterocycles. The lowest BCUT2D eigenvalue weighted by atomic mass is 9.70. The first-order chi connectivity index (χ1) is 28.3. The Kier molecular flexibility index (Phi) is 6.33. The highest BCUT2D eigenvalue weighted by Gasteiger charge is 2.52. The molecule has 0 saturated heterocycles. The zero-order valence-electron chi connectivity index (χ0n) is 31.5. The van der Waals surface area contributed by atoms with E-state index in [2.05, 4.69) is 193 Å². The maximum atomic E-state index is 2.63. The van der Waals surface area contributed by atoms with Crippen LogP contribution in [0.5, 0.6) is 0 Å². The molecular weight excluding hydrogens is 687 g/mol. The maximum absolute atomic E-state index is 2.63. The van der Waals surface area contributed by atoms with Gasteiger partial charge in [0.15, 0.2) is 0 Å². The average Bonchev–Trinajstić information content (AvgIpc) is 4.01. The summed E-state index contributed by atoms with van der Waals surface area (Å²) >= 11 is 0. The molecule has 266 valence electrons. The summed E-state index contributed by atoms with van der Waals surface area (Å²) in [6.45, 7) is 0.748. The summed E-state index contributed by atoms with van der Waals surface area (Å²) in [5.41, 5.74) is 25.5. The second kappa shape index (κ2) is 11.5. The van der Waals surface area contributed by atoms with Gasteiger partial charge in [0.05, 0.1) is 5.41 Å². The minimum absolute atomic E-state index is 0.405. The Morgan fingerprint density at radius 1 is 0.404 bits per heavy atom. The number of hydrogen-bond acceptors (Lipinski definition) is 1. The van der Waals surface area contributed by atoms with Gasteiger partial charge >= 0.3 is 0 Å². The summed E-state index contributed by atoms with van der Waals surface area (Å²) in [6.07, 6.45) is 1.91. The summed E-state index contributed by atoms with van der Waals surface area (Å²) < 4.78 is 0. The van der Waals surface area contributed by atoms with Crippen molar-refractivity contribution < 1.29 is 0 Å². The molecule has 4 aliphatic rings. The summed E-state index contributed by atoms with van der Waals surface area (Å²) in [6, 6.07) is 71.3. The molecule has 0 N–H and O–H groups in total. The van der Waals surface area contributed by atoms with Gasteiger partial charge in [-0.05, 0) is 130 Å². The Morgan fingerprint density at radius 3 is 1.82 bits per heavy atom. The second-order valence-electron chi connectivity index (χ2n) is 16.3. The molecule has 0 radical (unpaired) electrons. The lowest BCUT2D eigenvalue weighted by molar-refractivity contribution is 0.793. The predicted molar refractivity (Wildman–Crippen MR) is 235 cm³/mol. The quantitative estimate of drug-likeness (QED) is 0.175. The number of benzene rings is 9. The van der Waals surface area contributed by atoms with Crippen molar-refractivity contribution in [2.75, 3.05) is 4.90 Å². The largest absolute Gasteiger partial charge is 0.337 e. The van der Waals surface area contributed by atoms with E-state index in [9.17, 15) is 0 Å². The third-order valence-corrected chi connectivity index (χ3v) is 13.6. The van der Waals surface area contributed by atoms with E-state index in [-0.39, 0.29) is 0 Å². The Balaban J connectivity index is 1.04. The van der Waals surface area contributed by atoms with Crippen molar-refractivity contribution in [1.29, 1.82) is 0 Å². The Morgan fingerprint density at radius 2 is 1.00 bits per heavy atom. The van der Waals surface area contributed by atoms with Crippen LogP contribution in [-0.4, -0.2) is 0 Å². The van der Waals surface area contributed by atoms with Gasteiger partial charge in [-0.2, -0.15) is 0 Å². The van der Waals surface area contributed by atoms with Crippen LogP contribution >= 0.6 is 0 Å². The molecular formula is C56H37N. The van der Waals surface area contributed by atoms with E-state index in [0.717, 1.165) is 19.4 Å². The number of hydrogen-bond donors (Lipinski definition) is 0. The molecule has 1 unspecified atom stereocenters. The smallest absolute Gasteiger partial charge is 0.0725 e. The lowest BCUT2D eigenvalue weighted by Crippen LogP contribution is -2.26. The van der Waals surface area contributed by atoms with Crippen molar-refractivity contribution in [3.05, 3.63) is 238 Å². The van der Waals surface area contributed by atoms with Gasteiger partial charge in [0.2, 0.25) is 0 Å². The fraction of sp³-hybridized carbons (Fsp3) is 0.0714. The Bertz CT molecular complexity index is 3180. The third kappa shape index (κ3) is 4.13. The van der Waals surface area contributed by atoms with Crippen molar-refractivity contribution in [2.45, 2.75) is 24.8 Å². The van der Waals surface area contributed by atoms with Gasteiger partial charge in [0.25, 0.3) is 0 Å². The van der Waals surface area contributed by atoms with Crippen LogP contribution < -0.4 is 4.90 Å². The minimum Gasteiger partial charge on any atom is -0.337 e. The maximum Gasteiger partial charge on any atom is 0.0725 e. The molecule has 4 aliphatic carbocycles. The number of fused-ring (bicyclic) bond motifs is 18. The SMILES string of the molecule is c1ccc2c(c1)Cc1cc(N(Cc3cccc4c3-c3ccccc3C43c4ccccc4-c4c3ccc3ccccc43)c3cccc4c3Cc3ccccc3-4)ccc1-2. The number of rotatable bonds is 4. The first-order valence-electron chi connectivity index (χ1n) is 20.3. The molecule has 1 heteroatoms. The zero-order chi connectivity index (χ0) is 37.2. The lowest BCUT2D eigenvalue weighted by Gasteiger charge is -2.31. The average molecular weight is 724 g/mol. The molecule has 0 amide bonds. The molecule has 9 aromatic rings. The van der Waals surface area contributed by atoms with E-state index in [0.29, 0.717) is 0 Å². The van der Waals surface area contributed by atoms with Gasteiger partial charge in [-0.1, -0.05) is 170 Å². The Hall–Kier alpha value is -6.96. The monoisotopic (exact) mass is 723 g/mol. The number of nitrogens with zero attached hydrogens (tertiary/aromatic N) is 1. The van der Waals surface area contributed by atoms with Gasteiger partial charge in [-0.25, -0.2) is 0 Å². The van der Waals surface area contributed by atoms with Crippen LogP contribution in [0.2, 0.25) is 0 Å². The van der Waals surface area contributed by atoms with E-state index < -0.39 is 5.41 Å². The first kappa shape index (κ1) is 31.3. The molecule has 0 saturated carbocycles. The van der Waals surface area contributed by atoms with Crippen LogP contribution in [0.4, 0.5) is 11.4 Å². The summed E-state index contributed by atoms with van der Waals surface area (Å²) in [7, 11) is 0. The highest BCUT2D eigenvalue weighted by Crippen LogP contribution is 2.64. The Labute approximate surface area is 333 Å². The molecule has 1 nitrogen and oxygen atoms in total. The van der Waals surface area contributed by atoms with Crippen LogP contribution in [0.25, 0.3) is 55.3 Å². The molecule has 1 atom stereocenters. The zero-order valence-corrected chi connectivity index (χ0v) is 31.5. The van der Waals surface area contributed by atoms with Crippen LogP contribution in [0, 0.1) is 0 Å². The molecule has 1 spiro atoms. The summed E-state index contributed by atoms with van der Waals surface area (Å²) in [4.78, 5) is 2.63. The van der Waals surface area contributed by atoms with E-state index in [1.54, 1.807) is 0 Å². The van der Waals surface area contributed by atoms with Gasteiger partial charge in [0, 0.05) is 24.3 Å². The molecule has 0 fully saturated rings. The second-order valence-corrected chi connectivity index (χ2v) is 16.3. The minimum atomic E-state index is -0.405.